The quantitative estimate of drug-likeness (QED) is 0.623. The van der Waals surface area contributed by atoms with Gasteiger partial charge in [-0.15, -0.1) is 0 Å². The predicted octanol–water partition coefficient (Wildman–Crippen LogP) is 2.85. The lowest BCUT2D eigenvalue weighted by Gasteiger charge is -2.03. The van der Waals surface area contributed by atoms with E-state index in [9.17, 15) is 10.1 Å². The van der Waals surface area contributed by atoms with Crippen molar-refractivity contribution in [1.29, 1.82) is 0 Å². The number of pyridine rings is 1. The molecule has 2 heterocycles. The van der Waals surface area contributed by atoms with Crippen LogP contribution in [-0.4, -0.2) is 21.4 Å². The third-order valence-electron chi connectivity index (χ3n) is 2.37. The van der Waals surface area contributed by atoms with Crippen LogP contribution >= 0.6 is 11.3 Å². The van der Waals surface area contributed by atoms with Crippen LogP contribution in [0, 0.1) is 10.1 Å². The van der Waals surface area contributed by atoms with E-state index in [2.05, 4.69) is 22.2 Å². The number of thiazole rings is 1. The fourth-order valence-electron chi connectivity index (χ4n) is 1.47. The van der Waals surface area contributed by atoms with Gasteiger partial charge >= 0.3 is 5.82 Å². The molecule has 0 amide bonds. The van der Waals surface area contributed by atoms with Crippen molar-refractivity contribution < 1.29 is 9.66 Å². The van der Waals surface area contributed by atoms with Gasteiger partial charge in [-0.05, 0) is 28.5 Å². The Labute approximate surface area is 119 Å². The molecule has 7 nitrogen and oxygen atoms in total. The van der Waals surface area contributed by atoms with Gasteiger partial charge in [0.25, 0.3) is 0 Å². The molecule has 8 heteroatoms. The minimum Gasteiger partial charge on any atom is -0.480 e. The summed E-state index contributed by atoms with van der Waals surface area (Å²) in [6.45, 7) is 3.17. The second-order valence-corrected chi connectivity index (χ2v) is 5.04. The van der Waals surface area contributed by atoms with Crippen LogP contribution in [0.5, 0.6) is 5.75 Å². The molecule has 106 valence electrons. The van der Waals surface area contributed by atoms with E-state index in [1.807, 2.05) is 0 Å². The molecule has 0 aliphatic heterocycles. The van der Waals surface area contributed by atoms with Crippen LogP contribution in [0.4, 0.5) is 10.9 Å². The summed E-state index contributed by atoms with van der Waals surface area (Å²) in [6.07, 6.45) is 4.09. The smallest absolute Gasteiger partial charge is 0.406 e. The van der Waals surface area contributed by atoms with Crippen molar-refractivity contribution in [3.8, 4) is 5.75 Å². The second kappa shape index (κ2) is 6.80. The van der Waals surface area contributed by atoms with Gasteiger partial charge in [-0.25, -0.2) is 4.98 Å². The number of aromatic nitrogens is 2. The predicted molar refractivity (Wildman–Crippen MR) is 76.1 cm³/mol. The number of nitrogens with one attached hydrogen (secondary N) is 1. The number of rotatable bonds is 7. The molecule has 0 saturated carbocycles. The third kappa shape index (κ3) is 3.64. The highest BCUT2D eigenvalue weighted by Gasteiger charge is 2.15. The fourth-order valence-corrected chi connectivity index (χ4v) is 2.22. The van der Waals surface area contributed by atoms with Gasteiger partial charge < -0.3 is 20.2 Å². The topological polar surface area (TPSA) is 90.2 Å². The lowest BCUT2D eigenvalue weighted by atomic mass is 10.4. The zero-order valence-electron chi connectivity index (χ0n) is 10.9. The molecular formula is C12H14N4O3S. The minimum atomic E-state index is -0.559. The van der Waals surface area contributed by atoms with Gasteiger partial charge in [-0.3, -0.25) is 0 Å². The van der Waals surface area contributed by atoms with E-state index in [0.29, 0.717) is 0 Å². The van der Waals surface area contributed by atoms with E-state index < -0.39 is 4.92 Å². The third-order valence-corrected chi connectivity index (χ3v) is 3.30. The number of nitro groups is 1. The van der Waals surface area contributed by atoms with Gasteiger partial charge in [0.2, 0.25) is 5.75 Å². The molecule has 0 spiro atoms. The maximum absolute atomic E-state index is 10.8. The normalized spacial score (nSPS) is 10.2. The van der Waals surface area contributed by atoms with Gasteiger partial charge in [0.05, 0.1) is 4.88 Å². The van der Waals surface area contributed by atoms with E-state index in [1.165, 1.54) is 23.6 Å². The Kier molecular flexibility index (Phi) is 4.83. The van der Waals surface area contributed by atoms with Gasteiger partial charge in [-0.1, -0.05) is 18.3 Å². The summed E-state index contributed by atoms with van der Waals surface area (Å²) in [5.74, 6) is -0.115. The highest BCUT2D eigenvalue weighted by atomic mass is 32.1. The summed E-state index contributed by atoms with van der Waals surface area (Å²) < 4.78 is 5.44. The van der Waals surface area contributed by atoms with Crippen LogP contribution in [0.1, 0.15) is 18.2 Å². The Hall–Kier alpha value is -2.22. The van der Waals surface area contributed by atoms with Crippen molar-refractivity contribution in [3.63, 3.8) is 0 Å². The molecule has 2 aromatic heterocycles. The lowest BCUT2D eigenvalue weighted by molar-refractivity contribution is -0.390. The van der Waals surface area contributed by atoms with Gasteiger partial charge in [0, 0.05) is 12.7 Å². The molecule has 1 N–H and O–H groups in total. The molecule has 0 aliphatic rings. The summed E-state index contributed by atoms with van der Waals surface area (Å²) in [4.78, 5) is 19.0. The molecule has 0 unspecified atom stereocenters. The van der Waals surface area contributed by atoms with Crippen molar-refractivity contribution >= 4 is 22.3 Å². The zero-order chi connectivity index (χ0) is 14.4. The van der Waals surface area contributed by atoms with E-state index in [-0.39, 0.29) is 18.2 Å². The first-order valence-electron chi connectivity index (χ1n) is 6.11. The largest absolute Gasteiger partial charge is 0.480 e. The van der Waals surface area contributed by atoms with Gasteiger partial charge in [0.1, 0.15) is 12.8 Å². The van der Waals surface area contributed by atoms with Crippen LogP contribution in [-0.2, 0) is 6.61 Å². The standard InChI is InChI=1S/C12H14N4O3S/c1-2-5-14-12-15-7-9(20-12)8-19-10-4-3-6-13-11(10)16(17)18/h3-4,6-7H,2,5,8H2,1H3,(H,14,15). The highest BCUT2D eigenvalue weighted by Crippen LogP contribution is 2.25. The van der Waals surface area contributed by atoms with Crippen LogP contribution in [0.15, 0.2) is 24.5 Å². The van der Waals surface area contributed by atoms with Crippen LogP contribution in [0.2, 0.25) is 0 Å². The average molecular weight is 294 g/mol. The Morgan fingerprint density at radius 1 is 1.50 bits per heavy atom. The number of hydrogen-bond acceptors (Lipinski definition) is 7. The van der Waals surface area contributed by atoms with Gasteiger partial charge in [0.15, 0.2) is 5.13 Å². The van der Waals surface area contributed by atoms with E-state index in [0.717, 1.165) is 23.0 Å². The van der Waals surface area contributed by atoms with Gasteiger partial charge in [-0.2, -0.15) is 0 Å². The van der Waals surface area contributed by atoms with Crippen molar-refractivity contribution in [2.45, 2.75) is 20.0 Å². The summed E-state index contributed by atoms with van der Waals surface area (Å²) in [5, 5.41) is 14.8. The molecule has 0 saturated heterocycles. The van der Waals surface area contributed by atoms with E-state index in [1.54, 1.807) is 12.3 Å². The molecule has 20 heavy (non-hydrogen) atoms. The number of hydrogen-bond donors (Lipinski definition) is 1. The van der Waals surface area contributed by atoms with E-state index >= 15 is 0 Å². The molecule has 0 bridgehead atoms. The monoisotopic (exact) mass is 294 g/mol. The van der Waals surface area contributed by atoms with E-state index in [4.69, 9.17) is 4.74 Å². The Balaban J connectivity index is 1.98. The Bertz CT molecular complexity index is 588. The second-order valence-electron chi connectivity index (χ2n) is 3.93. The molecule has 2 rings (SSSR count). The summed E-state index contributed by atoms with van der Waals surface area (Å²) in [5.41, 5.74) is 0. The zero-order valence-corrected chi connectivity index (χ0v) is 11.7. The maximum atomic E-state index is 10.8. The highest BCUT2D eigenvalue weighted by molar-refractivity contribution is 7.15. The molecular weight excluding hydrogens is 280 g/mol. The summed E-state index contributed by atoms with van der Waals surface area (Å²) >= 11 is 1.47. The fraction of sp³-hybridized carbons (Fsp3) is 0.333. The van der Waals surface area contributed by atoms with Crippen LogP contribution in [0.25, 0.3) is 0 Å². The average Bonchev–Trinajstić information content (AvgIpc) is 2.91. The van der Waals surface area contributed by atoms with Crippen molar-refractivity contribution in [2.24, 2.45) is 0 Å². The lowest BCUT2D eigenvalue weighted by Crippen LogP contribution is -1.99. The van der Waals surface area contributed by atoms with Crippen LogP contribution < -0.4 is 10.1 Å². The summed E-state index contributed by atoms with van der Waals surface area (Å²) in [7, 11) is 0. The first kappa shape index (κ1) is 14.2. The molecule has 0 aliphatic carbocycles. The molecule has 0 atom stereocenters. The first-order chi connectivity index (χ1) is 9.70. The molecule has 0 aromatic carbocycles. The molecule has 0 radical (unpaired) electrons. The number of ether oxygens (including phenoxy) is 1. The Morgan fingerprint density at radius 2 is 2.35 bits per heavy atom. The molecule has 2 aromatic rings. The van der Waals surface area contributed by atoms with Crippen molar-refractivity contribution in [2.75, 3.05) is 11.9 Å². The number of anilines is 1. The maximum Gasteiger partial charge on any atom is 0.406 e. The minimum absolute atomic E-state index is 0.161. The first-order valence-corrected chi connectivity index (χ1v) is 6.93. The Morgan fingerprint density at radius 3 is 3.10 bits per heavy atom. The number of nitrogens with zero attached hydrogens (tertiary/aromatic N) is 3. The SMILES string of the molecule is CCCNc1ncc(COc2cccnc2[N+](=O)[O-])s1. The van der Waals surface area contributed by atoms with Crippen molar-refractivity contribution in [3.05, 3.63) is 39.5 Å². The molecule has 0 fully saturated rings. The summed E-state index contributed by atoms with van der Waals surface area (Å²) in [6, 6.07) is 3.13. The van der Waals surface area contributed by atoms with Crippen molar-refractivity contribution in [1.82, 2.24) is 9.97 Å². The van der Waals surface area contributed by atoms with Crippen LogP contribution in [0.3, 0.4) is 0 Å².